The summed E-state index contributed by atoms with van der Waals surface area (Å²) in [7, 11) is 1.53. The lowest BCUT2D eigenvalue weighted by atomic mass is 9.76. The lowest BCUT2D eigenvalue weighted by Gasteiger charge is -2.36. The molecule has 2 atom stereocenters. The molecule has 0 saturated carbocycles. The van der Waals surface area contributed by atoms with E-state index in [-0.39, 0.29) is 23.2 Å². The number of hydrogen-bond donors (Lipinski definition) is 1. The zero-order valence-electron chi connectivity index (χ0n) is 19.6. The number of aromatic nitrogens is 1. The van der Waals surface area contributed by atoms with Gasteiger partial charge in [-0.05, 0) is 48.5 Å². The molecule has 36 heavy (non-hydrogen) atoms. The van der Waals surface area contributed by atoms with E-state index in [0.717, 1.165) is 23.1 Å². The van der Waals surface area contributed by atoms with E-state index in [1.807, 2.05) is 13.8 Å². The normalized spacial score (nSPS) is 20.2. The second-order valence-electron chi connectivity index (χ2n) is 9.09. The number of ether oxygens (including phenoxy) is 1. The van der Waals surface area contributed by atoms with Gasteiger partial charge in [-0.15, -0.1) is 0 Å². The van der Waals surface area contributed by atoms with Crippen molar-refractivity contribution in [3.8, 4) is 5.75 Å². The standard InChI is InChI=1S/C25H22FN3O5S2/c1-25(2)18-19(22(32)29(21(18)31)15-8-10-16(34-3)11-9-15)35-23-20(25)36-24(33)28(23)12-17(30)27-14-6-4-13(26)5-7-14/h4-11,18-19H,12H2,1-3H3,(H,27,30). The number of thiazole rings is 1. The van der Waals surface area contributed by atoms with E-state index < -0.39 is 28.3 Å². The van der Waals surface area contributed by atoms with E-state index in [1.54, 1.807) is 24.3 Å². The van der Waals surface area contributed by atoms with Crippen molar-refractivity contribution in [2.75, 3.05) is 17.3 Å². The summed E-state index contributed by atoms with van der Waals surface area (Å²) in [6.07, 6.45) is 0. The fraction of sp³-hybridized carbons (Fsp3) is 0.280. The van der Waals surface area contributed by atoms with Crippen molar-refractivity contribution in [2.45, 2.75) is 36.1 Å². The number of halogens is 1. The summed E-state index contributed by atoms with van der Waals surface area (Å²) in [5.74, 6) is -1.62. The highest BCUT2D eigenvalue weighted by Gasteiger charge is 2.59. The van der Waals surface area contributed by atoms with Crippen LogP contribution in [0.1, 0.15) is 18.7 Å². The molecule has 3 aromatic rings. The molecule has 0 bridgehead atoms. The summed E-state index contributed by atoms with van der Waals surface area (Å²) in [4.78, 5) is 54.1. The van der Waals surface area contributed by atoms with Gasteiger partial charge < -0.3 is 10.1 Å². The van der Waals surface area contributed by atoms with Gasteiger partial charge in [-0.1, -0.05) is 36.9 Å². The number of nitrogens with zero attached hydrogens (tertiary/aromatic N) is 2. The van der Waals surface area contributed by atoms with Gasteiger partial charge in [0, 0.05) is 16.0 Å². The Hall–Kier alpha value is -3.44. The number of imide groups is 1. The number of hydrogen-bond acceptors (Lipinski definition) is 7. The summed E-state index contributed by atoms with van der Waals surface area (Å²) in [6.45, 7) is 3.43. The molecule has 8 nitrogen and oxygen atoms in total. The van der Waals surface area contributed by atoms with Gasteiger partial charge in [0.25, 0.3) is 0 Å². The largest absolute Gasteiger partial charge is 0.497 e. The molecule has 3 heterocycles. The van der Waals surface area contributed by atoms with Crippen LogP contribution in [0.5, 0.6) is 5.75 Å². The Morgan fingerprint density at radius 3 is 2.36 bits per heavy atom. The SMILES string of the molecule is COc1ccc(N2C(=O)C3Sc4c(sc(=O)n4CC(=O)Nc4ccc(F)cc4)C(C)(C)C3C2=O)cc1. The number of methoxy groups -OCH3 is 1. The lowest BCUT2D eigenvalue weighted by Crippen LogP contribution is -2.41. The van der Waals surface area contributed by atoms with E-state index in [9.17, 15) is 23.6 Å². The maximum atomic E-state index is 13.5. The Balaban J connectivity index is 1.45. The van der Waals surface area contributed by atoms with Gasteiger partial charge in [0.2, 0.25) is 17.7 Å². The molecule has 3 amide bonds. The van der Waals surface area contributed by atoms with E-state index in [4.69, 9.17) is 4.74 Å². The highest BCUT2D eigenvalue weighted by Crippen LogP contribution is 2.54. The highest BCUT2D eigenvalue weighted by molar-refractivity contribution is 8.00. The average molecular weight is 528 g/mol. The summed E-state index contributed by atoms with van der Waals surface area (Å²) in [6, 6.07) is 12.0. The molecule has 0 spiro atoms. The van der Waals surface area contributed by atoms with Gasteiger partial charge in [0.1, 0.15) is 23.4 Å². The van der Waals surface area contributed by atoms with Crippen LogP contribution in [0.25, 0.3) is 0 Å². The Morgan fingerprint density at radius 2 is 1.72 bits per heavy atom. The molecule has 2 unspecified atom stereocenters. The minimum atomic E-state index is -0.804. The molecule has 186 valence electrons. The van der Waals surface area contributed by atoms with E-state index >= 15 is 0 Å². The van der Waals surface area contributed by atoms with Gasteiger partial charge in [0.15, 0.2) is 0 Å². The number of anilines is 2. The molecule has 0 aliphatic carbocycles. The molecule has 1 saturated heterocycles. The van der Waals surface area contributed by atoms with Gasteiger partial charge in [-0.3, -0.25) is 23.7 Å². The van der Waals surface area contributed by atoms with Crippen molar-refractivity contribution in [1.29, 1.82) is 0 Å². The number of amides is 3. The van der Waals surface area contributed by atoms with Gasteiger partial charge >= 0.3 is 4.87 Å². The highest BCUT2D eigenvalue weighted by atomic mass is 32.2. The third-order valence-electron chi connectivity index (χ3n) is 6.46. The monoisotopic (exact) mass is 527 g/mol. The minimum absolute atomic E-state index is 0.271. The first kappa shape index (κ1) is 24.3. The van der Waals surface area contributed by atoms with Crippen molar-refractivity contribution in [1.82, 2.24) is 4.57 Å². The van der Waals surface area contributed by atoms with Crippen molar-refractivity contribution in [3.63, 3.8) is 0 Å². The van der Waals surface area contributed by atoms with Gasteiger partial charge in [-0.2, -0.15) is 0 Å². The average Bonchev–Trinajstić information content (AvgIpc) is 3.29. The van der Waals surface area contributed by atoms with Crippen molar-refractivity contribution in [2.24, 2.45) is 5.92 Å². The zero-order chi connectivity index (χ0) is 25.8. The second-order valence-corrected chi connectivity index (χ2v) is 11.2. The van der Waals surface area contributed by atoms with Crippen LogP contribution in [0.3, 0.4) is 0 Å². The van der Waals surface area contributed by atoms with Gasteiger partial charge in [0.05, 0.1) is 23.7 Å². The van der Waals surface area contributed by atoms with Crippen LogP contribution in [-0.4, -0.2) is 34.6 Å². The first-order chi connectivity index (χ1) is 17.1. The maximum absolute atomic E-state index is 13.5. The number of fused-ring (bicyclic) bond motifs is 2. The molecular formula is C25H22FN3O5S2. The van der Waals surface area contributed by atoms with Crippen LogP contribution >= 0.6 is 23.1 Å². The quantitative estimate of drug-likeness (QED) is 0.509. The lowest BCUT2D eigenvalue weighted by molar-refractivity contribution is -0.123. The molecule has 11 heteroatoms. The molecule has 5 rings (SSSR count). The molecule has 1 aromatic heterocycles. The number of thioether (sulfide) groups is 1. The zero-order valence-corrected chi connectivity index (χ0v) is 21.2. The summed E-state index contributed by atoms with van der Waals surface area (Å²) in [5.41, 5.74) is 0.0520. The van der Waals surface area contributed by atoms with E-state index in [0.29, 0.717) is 27.0 Å². The van der Waals surface area contributed by atoms with E-state index in [1.165, 1.54) is 40.8 Å². The number of carbonyl (C=O) groups excluding carboxylic acids is 3. The summed E-state index contributed by atoms with van der Waals surface area (Å²) in [5, 5.41) is 2.44. The fourth-order valence-electron chi connectivity index (χ4n) is 4.63. The maximum Gasteiger partial charge on any atom is 0.308 e. The predicted molar refractivity (Wildman–Crippen MR) is 135 cm³/mol. The van der Waals surface area contributed by atoms with Crippen molar-refractivity contribution >= 4 is 52.2 Å². The Morgan fingerprint density at radius 1 is 1.06 bits per heavy atom. The number of benzene rings is 2. The van der Waals surface area contributed by atoms with Crippen molar-refractivity contribution < 1.29 is 23.5 Å². The Bertz CT molecular complexity index is 1430. The van der Waals surface area contributed by atoms with Crippen molar-refractivity contribution in [3.05, 3.63) is 68.9 Å². The van der Waals surface area contributed by atoms with Crippen LogP contribution in [-0.2, 0) is 26.3 Å². The summed E-state index contributed by atoms with van der Waals surface area (Å²) < 4.78 is 19.7. The first-order valence-corrected chi connectivity index (χ1v) is 12.8. The third-order valence-corrected chi connectivity index (χ3v) is 9.29. The van der Waals surface area contributed by atoms with E-state index in [2.05, 4.69) is 5.32 Å². The van der Waals surface area contributed by atoms with Crippen LogP contribution < -0.4 is 19.8 Å². The van der Waals surface area contributed by atoms with Gasteiger partial charge in [-0.25, -0.2) is 9.29 Å². The third kappa shape index (κ3) is 3.92. The topological polar surface area (TPSA) is 97.7 Å². The van der Waals surface area contributed by atoms with Crippen LogP contribution in [0, 0.1) is 11.7 Å². The molecule has 2 aromatic carbocycles. The minimum Gasteiger partial charge on any atom is -0.497 e. The smallest absolute Gasteiger partial charge is 0.308 e. The van der Waals surface area contributed by atoms with Crippen LogP contribution in [0.2, 0.25) is 0 Å². The van der Waals surface area contributed by atoms with Crippen LogP contribution in [0.4, 0.5) is 15.8 Å². The van der Waals surface area contributed by atoms with Crippen LogP contribution in [0.15, 0.2) is 58.4 Å². The molecule has 1 fully saturated rings. The molecule has 1 N–H and O–H groups in total. The predicted octanol–water partition coefficient (Wildman–Crippen LogP) is 3.64. The molecule has 0 radical (unpaired) electrons. The number of rotatable bonds is 5. The Kier molecular flexibility index (Phi) is 6.00. The fourth-order valence-corrected chi connectivity index (χ4v) is 7.67. The second kappa shape index (κ2) is 8.90. The number of nitrogens with one attached hydrogen (secondary N) is 1. The molecular weight excluding hydrogens is 505 g/mol. The molecule has 2 aliphatic heterocycles. The summed E-state index contributed by atoms with van der Waals surface area (Å²) >= 11 is 2.14. The first-order valence-electron chi connectivity index (χ1n) is 11.1. The molecule has 2 aliphatic rings. The Labute approximate surface area is 214 Å². The number of carbonyl (C=O) groups is 3.